The summed E-state index contributed by atoms with van der Waals surface area (Å²) in [7, 11) is 2.10. The molecule has 0 aromatic heterocycles. The van der Waals surface area contributed by atoms with E-state index in [0.717, 1.165) is 12.8 Å². The molecule has 2 unspecified atom stereocenters. The minimum absolute atomic E-state index is 0.216. The predicted molar refractivity (Wildman–Crippen MR) is 101 cm³/mol. The number of morpholine rings is 1. The molecule has 0 amide bonds. The third kappa shape index (κ3) is 3.38. The largest absolute Gasteiger partial charge is 0.460 e. The molecule has 0 aliphatic carbocycles. The van der Waals surface area contributed by atoms with Crippen LogP contribution in [0.15, 0.2) is 60.7 Å². The molecular formula is C22H25NO4. The van der Waals surface area contributed by atoms with Gasteiger partial charge in [-0.25, -0.2) is 4.79 Å². The van der Waals surface area contributed by atoms with Crippen molar-refractivity contribution in [3.8, 4) is 0 Å². The minimum Gasteiger partial charge on any atom is -0.460 e. The van der Waals surface area contributed by atoms with Gasteiger partial charge in [0, 0.05) is 24.9 Å². The quantitative estimate of drug-likeness (QED) is 0.841. The van der Waals surface area contributed by atoms with Crippen molar-refractivity contribution in [1.82, 2.24) is 4.90 Å². The van der Waals surface area contributed by atoms with Crippen LogP contribution in [0.25, 0.3) is 0 Å². The van der Waals surface area contributed by atoms with Crippen molar-refractivity contribution < 1.29 is 19.4 Å². The van der Waals surface area contributed by atoms with Crippen LogP contribution >= 0.6 is 0 Å². The van der Waals surface area contributed by atoms with Gasteiger partial charge in [-0.2, -0.15) is 0 Å². The Morgan fingerprint density at radius 1 is 1.00 bits per heavy atom. The molecule has 2 aromatic rings. The highest BCUT2D eigenvalue weighted by Crippen LogP contribution is 2.34. The Kier molecular flexibility index (Phi) is 5.00. The number of benzene rings is 2. The fraction of sp³-hybridized carbons (Fsp3) is 0.409. The van der Waals surface area contributed by atoms with E-state index in [1.807, 2.05) is 36.4 Å². The lowest BCUT2D eigenvalue weighted by Gasteiger charge is -2.46. The van der Waals surface area contributed by atoms with Gasteiger partial charge in [-0.1, -0.05) is 60.7 Å². The first kappa shape index (κ1) is 18.2. The van der Waals surface area contributed by atoms with Gasteiger partial charge in [-0.05, 0) is 18.2 Å². The summed E-state index contributed by atoms with van der Waals surface area (Å²) in [6.45, 7) is 1.31. The molecule has 2 fully saturated rings. The molecule has 2 bridgehead atoms. The van der Waals surface area contributed by atoms with Crippen LogP contribution in [0, 0.1) is 0 Å². The second-order valence-electron chi connectivity index (χ2n) is 7.45. The van der Waals surface area contributed by atoms with Crippen molar-refractivity contribution in [2.45, 2.75) is 36.6 Å². The maximum absolute atomic E-state index is 13.2. The van der Waals surface area contributed by atoms with Gasteiger partial charge in [0.2, 0.25) is 5.60 Å². The van der Waals surface area contributed by atoms with E-state index in [1.54, 1.807) is 24.3 Å². The molecule has 2 atom stereocenters. The van der Waals surface area contributed by atoms with Crippen molar-refractivity contribution in [3.63, 3.8) is 0 Å². The van der Waals surface area contributed by atoms with Crippen LogP contribution in [0.1, 0.15) is 24.0 Å². The number of carbonyl (C=O) groups excluding carboxylic acids is 1. The maximum atomic E-state index is 13.2. The first-order valence-electron chi connectivity index (χ1n) is 9.43. The third-order valence-electron chi connectivity index (χ3n) is 5.79. The lowest BCUT2D eigenvalue weighted by atomic mass is 9.86. The summed E-state index contributed by atoms with van der Waals surface area (Å²) in [5.41, 5.74) is -0.799. The molecule has 0 spiro atoms. The summed E-state index contributed by atoms with van der Waals surface area (Å²) in [5.74, 6) is -0.617. The molecule has 4 rings (SSSR count). The fourth-order valence-corrected chi connectivity index (χ4v) is 4.14. The smallest absolute Gasteiger partial charge is 0.347 e. The SMILES string of the molecule is CN1C2COCC1CC(OC(=O)C(O)(c1ccccc1)c1ccccc1)C2. The number of hydrogen-bond donors (Lipinski definition) is 1. The molecular weight excluding hydrogens is 342 g/mol. The van der Waals surface area contributed by atoms with Crippen molar-refractivity contribution in [2.75, 3.05) is 20.3 Å². The number of ether oxygens (including phenoxy) is 2. The number of likely N-dealkylation sites (N-methyl/N-ethyl adjacent to an activating group) is 1. The first-order chi connectivity index (χ1) is 13.1. The van der Waals surface area contributed by atoms with Gasteiger partial charge in [0.25, 0.3) is 0 Å². The highest BCUT2D eigenvalue weighted by molar-refractivity contribution is 5.85. The molecule has 2 aromatic carbocycles. The Balaban J connectivity index is 1.60. The number of aliphatic hydroxyl groups is 1. The molecule has 5 nitrogen and oxygen atoms in total. The van der Waals surface area contributed by atoms with Crippen LogP contribution in [-0.2, 0) is 19.9 Å². The zero-order valence-electron chi connectivity index (χ0n) is 15.5. The molecule has 2 aliphatic rings. The normalized spacial score (nSPS) is 25.8. The van der Waals surface area contributed by atoms with Crippen LogP contribution in [0.5, 0.6) is 0 Å². The van der Waals surface area contributed by atoms with Crippen molar-refractivity contribution in [2.24, 2.45) is 0 Å². The summed E-state index contributed by atoms with van der Waals surface area (Å²) < 4.78 is 11.5. The second-order valence-corrected chi connectivity index (χ2v) is 7.45. The van der Waals surface area contributed by atoms with E-state index in [1.165, 1.54) is 0 Å². The highest BCUT2D eigenvalue weighted by Gasteiger charge is 2.45. The van der Waals surface area contributed by atoms with Crippen molar-refractivity contribution in [3.05, 3.63) is 71.8 Å². The Morgan fingerprint density at radius 3 is 1.96 bits per heavy atom. The summed E-state index contributed by atoms with van der Waals surface area (Å²) in [6, 6.07) is 18.5. The lowest BCUT2D eigenvalue weighted by molar-refractivity contribution is -0.176. The van der Waals surface area contributed by atoms with Gasteiger partial charge in [0.05, 0.1) is 13.2 Å². The van der Waals surface area contributed by atoms with Gasteiger partial charge < -0.3 is 14.6 Å². The summed E-state index contributed by atoms with van der Waals surface area (Å²) >= 11 is 0. The molecule has 1 N–H and O–H groups in total. The number of rotatable bonds is 4. The van der Waals surface area contributed by atoms with Crippen LogP contribution < -0.4 is 0 Å². The number of fused-ring (bicyclic) bond motifs is 2. The number of esters is 1. The average molecular weight is 367 g/mol. The molecule has 27 heavy (non-hydrogen) atoms. The molecule has 0 saturated carbocycles. The van der Waals surface area contributed by atoms with E-state index in [2.05, 4.69) is 11.9 Å². The second kappa shape index (κ2) is 7.43. The molecule has 2 aliphatic heterocycles. The average Bonchev–Trinajstić information content (AvgIpc) is 2.69. The molecule has 5 heteroatoms. The Labute approximate surface area is 159 Å². The highest BCUT2D eigenvalue weighted by atomic mass is 16.6. The van der Waals surface area contributed by atoms with Crippen LogP contribution in [0.4, 0.5) is 0 Å². The summed E-state index contributed by atoms with van der Waals surface area (Å²) in [6.07, 6.45) is 1.23. The van der Waals surface area contributed by atoms with Gasteiger partial charge in [0.15, 0.2) is 0 Å². The lowest BCUT2D eigenvalue weighted by Crippen LogP contribution is -2.57. The van der Waals surface area contributed by atoms with Crippen LogP contribution in [-0.4, -0.2) is 54.4 Å². The Bertz CT molecular complexity index is 726. The molecule has 2 saturated heterocycles. The zero-order chi connectivity index (χ0) is 18.9. The van der Waals surface area contributed by atoms with E-state index in [9.17, 15) is 9.90 Å². The van der Waals surface area contributed by atoms with Crippen molar-refractivity contribution >= 4 is 5.97 Å². The predicted octanol–water partition coefficient (Wildman–Crippen LogP) is 2.33. The number of nitrogens with zero attached hydrogens (tertiary/aromatic N) is 1. The molecule has 2 heterocycles. The van der Waals surface area contributed by atoms with E-state index in [0.29, 0.717) is 24.3 Å². The number of hydrogen-bond acceptors (Lipinski definition) is 5. The number of piperidine rings is 1. The molecule has 142 valence electrons. The van der Waals surface area contributed by atoms with Crippen LogP contribution in [0.3, 0.4) is 0 Å². The minimum atomic E-state index is -1.82. The van der Waals surface area contributed by atoms with Crippen molar-refractivity contribution in [1.29, 1.82) is 0 Å². The zero-order valence-corrected chi connectivity index (χ0v) is 15.5. The summed E-state index contributed by atoms with van der Waals surface area (Å²) in [4.78, 5) is 15.5. The maximum Gasteiger partial charge on any atom is 0.347 e. The first-order valence-corrected chi connectivity index (χ1v) is 9.43. The van der Waals surface area contributed by atoms with Gasteiger partial charge >= 0.3 is 5.97 Å². The van der Waals surface area contributed by atoms with Gasteiger partial charge in [-0.3, -0.25) is 4.90 Å². The van der Waals surface area contributed by atoms with Gasteiger partial charge in [0.1, 0.15) is 6.10 Å². The molecule has 0 radical (unpaired) electrons. The Morgan fingerprint density at radius 2 is 1.48 bits per heavy atom. The van der Waals surface area contributed by atoms with E-state index >= 15 is 0 Å². The van der Waals surface area contributed by atoms with E-state index in [-0.39, 0.29) is 18.2 Å². The topological polar surface area (TPSA) is 59.0 Å². The fourth-order valence-electron chi connectivity index (χ4n) is 4.14. The van der Waals surface area contributed by atoms with Gasteiger partial charge in [-0.15, -0.1) is 0 Å². The number of carbonyl (C=O) groups is 1. The standard InChI is InChI=1S/C22H25NO4/c1-23-18-12-20(13-19(23)15-26-14-18)27-21(24)22(25,16-8-4-2-5-9-16)17-10-6-3-7-11-17/h2-11,18-20,25H,12-15H2,1H3. The van der Waals surface area contributed by atoms with E-state index < -0.39 is 11.6 Å². The summed E-state index contributed by atoms with van der Waals surface area (Å²) in [5, 5.41) is 11.5. The Hall–Kier alpha value is -2.21. The third-order valence-corrected chi connectivity index (χ3v) is 5.79. The monoisotopic (exact) mass is 367 g/mol. The van der Waals surface area contributed by atoms with E-state index in [4.69, 9.17) is 9.47 Å². The van der Waals surface area contributed by atoms with Crippen LogP contribution in [0.2, 0.25) is 0 Å².